The molecule has 0 aliphatic heterocycles. The number of ether oxygens (including phenoxy) is 2. The summed E-state index contributed by atoms with van der Waals surface area (Å²) in [5.41, 5.74) is 2.37. The summed E-state index contributed by atoms with van der Waals surface area (Å²) in [5, 5.41) is 3.72. The van der Waals surface area contributed by atoms with Crippen LogP contribution in [-0.4, -0.2) is 26.7 Å². The monoisotopic (exact) mass is 339 g/mol. The van der Waals surface area contributed by atoms with Crippen molar-refractivity contribution in [3.63, 3.8) is 0 Å². The summed E-state index contributed by atoms with van der Waals surface area (Å²) < 4.78 is 16.1. The first-order chi connectivity index (χ1) is 12.1. The lowest BCUT2D eigenvalue weighted by Crippen LogP contribution is -2.26. The number of methoxy groups -OCH3 is 2. The first kappa shape index (κ1) is 16.9. The van der Waals surface area contributed by atoms with Gasteiger partial charge in [-0.25, -0.2) is 0 Å². The molecule has 0 spiro atoms. The Bertz CT molecular complexity index is 881. The Balaban J connectivity index is 1.70. The molecule has 0 saturated heterocycles. The maximum Gasteiger partial charge on any atom is 0.255 e. The van der Waals surface area contributed by atoms with Crippen LogP contribution < -0.4 is 14.8 Å². The lowest BCUT2D eigenvalue weighted by Gasteiger charge is -2.06. The Morgan fingerprint density at radius 1 is 1.04 bits per heavy atom. The SMILES string of the molecule is COc1ccc(CCNC(=O)c2c(C)oc3ccc(OC)cc23)cc1. The molecule has 3 aromatic rings. The molecule has 0 fully saturated rings. The van der Waals surface area contributed by atoms with Gasteiger partial charge in [0.1, 0.15) is 22.8 Å². The van der Waals surface area contributed by atoms with Gasteiger partial charge in [-0.1, -0.05) is 12.1 Å². The number of furan rings is 1. The number of carbonyl (C=O) groups excluding carboxylic acids is 1. The van der Waals surface area contributed by atoms with Crippen LogP contribution in [-0.2, 0) is 6.42 Å². The van der Waals surface area contributed by atoms with Crippen LogP contribution in [0.2, 0.25) is 0 Å². The van der Waals surface area contributed by atoms with Crippen molar-refractivity contribution >= 4 is 16.9 Å². The number of hydrogen-bond acceptors (Lipinski definition) is 4. The molecule has 0 saturated carbocycles. The molecule has 0 atom stereocenters. The minimum Gasteiger partial charge on any atom is -0.497 e. The smallest absolute Gasteiger partial charge is 0.255 e. The molecule has 0 unspecified atom stereocenters. The molecule has 2 aromatic carbocycles. The van der Waals surface area contributed by atoms with Crippen LogP contribution in [0, 0.1) is 6.92 Å². The van der Waals surface area contributed by atoms with E-state index in [1.807, 2.05) is 42.5 Å². The predicted molar refractivity (Wildman–Crippen MR) is 96.5 cm³/mol. The zero-order chi connectivity index (χ0) is 17.8. The lowest BCUT2D eigenvalue weighted by atomic mass is 10.1. The van der Waals surface area contributed by atoms with Gasteiger partial charge in [-0.05, 0) is 49.2 Å². The second-order valence-corrected chi connectivity index (χ2v) is 5.75. The van der Waals surface area contributed by atoms with Gasteiger partial charge >= 0.3 is 0 Å². The average molecular weight is 339 g/mol. The molecule has 1 heterocycles. The highest BCUT2D eigenvalue weighted by atomic mass is 16.5. The minimum absolute atomic E-state index is 0.141. The van der Waals surface area contributed by atoms with Crippen LogP contribution in [0.4, 0.5) is 0 Å². The Hall–Kier alpha value is -2.95. The molecule has 130 valence electrons. The zero-order valence-electron chi connectivity index (χ0n) is 14.6. The van der Waals surface area contributed by atoms with E-state index in [2.05, 4.69) is 5.32 Å². The lowest BCUT2D eigenvalue weighted by molar-refractivity contribution is 0.0954. The van der Waals surface area contributed by atoms with E-state index in [-0.39, 0.29) is 5.91 Å². The Labute approximate surface area is 146 Å². The van der Waals surface area contributed by atoms with Gasteiger partial charge in [0, 0.05) is 11.9 Å². The summed E-state index contributed by atoms with van der Waals surface area (Å²) in [6, 6.07) is 13.3. The summed E-state index contributed by atoms with van der Waals surface area (Å²) in [5.74, 6) is 1.98. The Kier molecular flexibility index (Phi) is 4.93. The fourth-order valence-corrected chi connectivity index (χ4v) is 2.81. The maximum atomic E-state index is 12.6. The van der Waals surface area contributed by atoms with E-state index in [4.69, 9.17) is 13.9 Å². The minimum atomic E-state index is -0.141. The van der Waals surface area contributed by atoms with Gasteiger partial charge in [-0.2, -0.15) is 0 Å². The molecule has 3 rings (SSSR count). The molecule has 0 radical (unpaired) electrons. The molecule has 5 heteroatoms. The van der Waals surface area contributed by atoms with E-state index in [9.17, 15) is 4.79 Å². The van der Waals surface area contributed by atoms with E-state index >= 15 is 0 Å². The highest BCUT2D eigenvalue weighted by Crippen LogP contribution is 2.28. The van der Waals surface area contributed by atoms with Gasteiger partial charge in [0.15, 0.2) is 0 Å². The van der Waals surface area contributed by atoms with Crippen LogP contribution in [0.5, 0.6) is 11.5 Å². The van der Waals surface area contributed by atoms with Gasteiger partial charge in [0.2, 0.25) is 0 Å². The first-order valence-electron chi connectivity index (χ1n) is 8.10. The van der Waals surface area contributed by atoms with Crippen LogP contribution in [0.1, 0.15) is 21.7 Å². The third-order valence-electron chi connectivity index (χ3n) is 4.16. The van der Waals surface area contributed by atoms with Crippen molar-refractivity contribution in [2.24, 2.45) is 0 Å². The van der Waals surface area contributed by atoms with Crippen molar-refractivity contribution in [3.05, 3.63) is 59.4 Å². The van der Waals surface area contributed by atoms with E-state index in [1.54, 1.807) is 21.1 Å². The molecular weight excluding hydrogens is 318 g/mol. The number of aryl methyl sites for hydroxylation is 1. The van der Waals surface area contributed by atoms with Crippen molar-refractivity contribution in [1.29, 1.82) is 0 Å². The maximum absolute atomic E-state index is 12.6. The van der Waals surface area contributed by atoms with Crippen LogP contribution in [0.15, 0.2) is 46.9 Å². The summed E-state index contributed by atoms with van der Waals surface area (Å²) in [6.45, 7) is 2.34. The summed E-state index contributed by atoms with van der Waals surface area (Å²) in [4.78, 5) is 12.6. The molecule has 1 N–H and O–H groups in total. The summed E-state index contributed by atoms with van der Waals surface area (Å²) in [6.07, 6.45) is 0.744. The molecule has 5 nitrogen and oxygen atoms in total. The second-order valence-electron chi connectivity index (χ2n) is 5.75. The molecule has 0 aliphatic rings. The molecule has 0 bridgehead atoms. The van der Waals surface area contributed by atoms with Crippen LogP contribution in [0.25, 0.3) is 11.0 Å². The van der Waals surface area contributed by atoms with Gasteiger partial charge in [-0.3, -0.25) is 4.79 Å². The molecule has 1 amide bonds. The zero-order valence-corrected chi connectivity index (χ0v) is 14.6. The number of rotatable bonds is 6. The van der Waals surface area contributed by atoms with E-state index in [0.717, 1.165) is 23.1 Å². The highest BCUT2D eigenvalue weighted by molar-refractivity contribution is 6.07. The third kappa shape index (κ3) is 3.60. The number of amides is 1. The van der Waals surface area contributed by atoms with E-state index < -0.39 is 0 Å². The number of nitrogens with one attached hydrogen (secondary N) is 1. The van der Waals surface area contributed by atoms with E-state index in [0.29, 0.717) is 29.2 Å². The largest absolute Gasteiger partial charge is 0.497 e. The predicted octanol–water partition coefficient (Wildman–Crippen LogP) is 3.73. The van der Waals surface area contributed by atoms with Crippen molar-refractivity contribution in [2.45, 2.75) is 13.3 Å². The van der Waals surface area contributed by atoms with Crippen molar-refractivity contribution in [2.75, 3.05) is 20.8 Å². The second kappa shape index (κ2) is 7.30. The van der Waals surface area contributed by atoms with Crippen molar-refractivity contribution in [1.82, 2.24) is 5.32 Å². The molecule has 1 aromatic heterocycles. The highest BCUT2D eigenvalue weighted by Gasteiger charge is 2.18. The molecule has 0 aliphatic carbocycles. The Morgan fingerprint density at radius 2 is 1.72 bits per heavy atom. The first-order valence-corrected chi connectivity index (χ1v) is 8.10. The van der Waals surface area contributed by atoms with Gasteiger partial charge in [0.25, 0.3) is 5.91 Å². The normalized spacial score (nSPS) is 10.7. The number of carbonyl (C=O) groups is 1. The standard InChI is InChI=1S/C20H21NO4/c1-13-19(17-12-16(24-3)8-9-18(17)25-13)20(22)21-11-10-14-4-6-15(23-2)7-5-14/h4-9,12H,10-11H2,1-3H3,(H,21,22). The molecule has 25 heavy (non-hydrogen) atoms. The quantitative estimate of drug-likeness (QED) is 0.743. The van der Waals surface area contributed by atoms with Crippen molar-refractivity contribution < 1.29 is 18.7 Å². The average Bonchev–Trinajstić information content (AvgIpc) is 2.97. The van der Waals surface area contributed by atoms with Crippen molar-refractivity contribution in [3.8, 4) is 11.5 Å². The summed E-state index contributed by atoms with van der Waals surface area (Å²) >= 11 is 0. The van der Waals surface area contributed by atoms with Crippen LogP contribution in [0.3, 0.4) is 0 Å². The molecular formula is C20H21NO4. The number of hydrogen-bond donors (Lipinski definition) is 1. The van der Waals surface area contributed by atoms with Crippen LogP contribution >= 0.6 is 0 Å². The van der Waals surface area contributed by atoms with Gasteiger partial charge in [-0.15, -0.1) is 0 Å². The summed E-state index contributed by atoms with van der Waals surface area (Å²) in [7, 11) is 3.24. The fraction of sp³-hybridized carbons (Fsp3) is 0.250. The van der Waals surface area contributed by atoms with Gasteiger partial charge < -0.3 is 19.2 Å². The fourth-order valence-electron chi connectivity index (χ4n) is 2.81. The number of benzene rings is 2. The van der Waals surface area contributed by atoms with Gasteiger partial charge in [0.05, 0.1) is 19.8 Å². The van der Waals surface area contributed by atoms with E-state index in [1.165, 1.54) is 0 Å². The number of fused-ring (bicyclic) bond motifs is 1. The Morgan fingerprint density at radius 3 is 2.40 bits per heavy atom. The third-order valence-corrected chi connectivity index (χ3v) is 4.16. The topological polar surface area (TPSA) is 60.7 Å².